The number of hydrogen-bond acceptors (Lipinski definition) is 18. The first-order valence-corrected chi connectivity index (χ1v) is 32.0. The molecule has 2 fully saturated rings. The van der Waals surface area contributed by atoms with Crippen LogP contribution in [0, 0.1) is 66.6 Å². The van der Waals surface area contributed by atoms with E-state index in [0.29, 0.717) is 56.4 Å². The van der Waals surface area contributed by atoms with Crippen LogP contribution in [0.1, 0.15) is 150 Å². The van der Waals surface area contributed by atoms with Gasteiger partial charge in [-0.05, 0) is 113 Å². The molecule has 7 amide bonds. The Kier molecular flexibility index (Phi) is 22.6. The van der Waals surface area contributed by atoms with Crippen LogP contribution >= 0.6 is 7.82 Å². The van der Waals surface area contributed by atoms with Gasteiger partial charge in [0.1, 0.15) is 18.3 Å². The van der Waals surface area contributed by atoms with Crippen LogP contribution in [0.5, 0.6) is 0 Å². The number of allylic oxidation sites excluding steroid dienone is 6. The summed E-state index contributed by atoms with van der Waals surface area (Å²) < 4.78 is 31.9. The average molecular weight is 1340 g/mol. The Balaban J connectivity index is 0.00000672. The van der Waals surface area contributed by atoms with Crippen LogP contribution in [0.3, 0.4) is 0 Å². The number of amides is 7. The van der Waals surface area contributed by atoms with Gasteiger partial charge in [-0.15, -0.1) is 0 Å². The molecule has 8 bridgehead atoms. The zero-order valence-corrected chi connectivity index (χ0v) is 56.4. The predicted molar refractivity (Wildman–Crippen MR) is 338 cm³/mol. The number of aryl methyl sites for hydroxylation is 2. The van der Waals surface area contributed by atoms with Crippen LogP contribution in [-0.2, 0) is 68.7 Å². The number of aliphatic hydroxyl groups is 2. The molecule has 0 saturated carbocycles. The van der Waals surface area contributed by atoms with Gasteiger partial charge in [-0.1, -0.05) is 40.7 Å². The van der Waals surface area contributed by atoms with Crippen molar-refractivity contribution in [2.75, 3.05) is 13.2 Å². The number of nitrogens with two attached hydrogens (primary N) is 6. The van der Waals surface area contributed by atoms with Gasteiger partial charge < -0.3 is 85.9 Å². The Morgan fingerprint density at radius 3 is 1.98 bits per heavy atom. The fourth-order valence-electron chi connectivity index (χ4n) is 15.3. The summed E-state index contributed by atoms with van der Waals surface area (Å²) in [6.07, 6.45) is -4.79. The first-order valence-electron chi connectivity index (χ1n) is 30.5. The van der Waals surface area contributed by atoms with E-state index in [2.05, 4.69) is 10.3 Å². The van der Waals surface area contributed by atoms with Crippen molar-refractivity contribution >= 4 is 77.3 Å². The number of aliphatic imine (C=N–C) groups is 3. The number of hydrogen-bond donors (Lipinski definition) is 9. The van der Waals surface area contributed by atoms with E-state index in [-0.39, 0.29) is 101 Å². The number of carbonyl (C=O) groups excluding carboxylic acids is 7. The molecule has 92 heavy (non-hydrogen) atoms. The minimum Gasteiger partial charge on any atom is -0.756 e. The third kappa shape index (κ3) is 14.1. The van der Waals surface area contributed by atoms with Crippen molar-refractivity contribution in [3.63, 3.8) is 0 Å². The molecule has 6 aliphatic rings. The predicted octanol–water partition coefficient (Wildman–Crippen LogP) is 3.76. The topological polar surface area (TPSA) is 465 Å². The molecule has 6 aliphatic heterocycles. The number of aliphatic hydroxyl groups excluding tert-OH is 2. The second-order valence-electron chi connectivity index (χ2n) is 27.0. The molecule has 0 spiro atoms. The van der Waals surface area contributed by atoms with E-state index in [9.17, 15) is 53.2 Å². The van der Waals surface area contributed by atoms with Crippen molar-refractivity contribution in [3.05, 3.63) is 76.6 Å². The van der Waals surface area contributed by atoms with Crippen LogP contribution in [0.25, 0.3) is 16.4 Å². The zero-order chi connectivity index (χ0) is 66.7. The van der Waals surface area contributed by atoms with Gasteiger partial charge in [-0.2, -0.15) is 11.4 Å². The summed E-state index contributed by atoms with van der Waals surface area (Å²) in [5.74, 6) is -7.40. The summed E-state index contributed by atoms with van der Waals surface area (Å²) in [5.41, 5.74) is 36.7. The number of nitrogens with one attached hydrogen (secondary N) is 1. The molecule has 0 aliphatic carbocycles. The van der Waals surface area contributed by atoms with Crippen LogP contribution < -0.4 is 44.6 Å². The van der Waals surface area contributed by atoms with Crippen LogP contribution in [0.15, 0.2) is 67.8 Å². The number of aromatic nitrogens is 2. The number of phosphoric acid groups is 1. The second kappa shape index (κ2) is 27.8. The number of primary amides is 6. The average Bonchev–Trinajstić information content (AvgIpc) is 1.53. The number of fused-ring (bicyclic) bond motifs is 7. The summed E-state index contributed by atoms with van der Waals surface area (Å²) in [4.78, 5) is 128. The summed E-state index contributed by atoms with van der Waals surface area (Å²) >= 11 is 0. The Bertz CT molecular complexity index is 3540. The van der Waals surface area contributed by atoms with Crippen molar-refractivity contribution in [3.8, 4) is 0 Å². The Morgan fingerprint density at radius 1 is 0.815 bits per heavy atom. The van der Waals surface area contributed by atoms with Gasteiger partial charge in [0.2, 0.25) is 41.4 Å². The van der Waals surface area contributed by atoms with Crippen LogP contribution in [0.2, 0.25) is 0 Å². The van der Waals surface area contributed by atoms with E-state index in [1.807, 2.05) is 80.5 Å². The van der Waals surface area contributed by atoms with Gasteiger partial charge in [-0.25, -0.2) is 4.98 Å². The zero-order valence-electron chi connectivity index (χ0n) is 54.5. The first kappa shape index (κ1) is 74.5. The molecular weight excluding hydrogens is 1250 g/mol. The maximum atomic E-state index is 14.4. The molecule has 27 nitrogen and oxygen atoms in total. The molecule has 7 heterocycles. The number of benzene rings is 1. The van der Waals surface area contributed by atoms with Crippen molar-refractivity contribution in [1.82, 2.24) is 14.9 Å². The molecule has 1 aromatic carbocycles. The molecular formula is C63H91CoN13O14P. The molecule has 4 unspecified atom stereocenters. The quantitative estimate of drug-likeness (QED) is 0.0478. The monoisotopic (exact) mass is 1340 g/mol. The minimum absolute atomic E-state index is 0. The van der Waals surface area contributed by atoms with Crippen LogP contribution in [-0.4, -0.2) is 127 Å². The maximum absolute atomic E-state index is 14.4. The number of imidazole rings is 1. The van der Waals surface area contributed by atoms with E-state index in [1.54, 1.807) is 6.92 Å². The molecule has 1 aromatic heterocycles. The number of phosphoric ester groups is 1. The summed E-state index contributed by atoms with van der Waals surface area (Å²) in [5, 5.41) is 29.9. The number of carbonyl (C=O) groups is 7. The maximum Gasteiger partial charge on any atom is 3.00 e. The number of rotatable bonds is 26. The summed E-state index contributed by atoms with van der Waals surface area (Å²) in [7, 11) is -5.32. The molecule has 506 valence electrons. The second-order valence-corrected chi connectivity index (χ2v) is 28.3. The largest absolute Gasteiger partial charge is 3.00 e. The Labute approximate surface area is 547 Å². The Morgan fingerprint density at radius 2 is 1.40 bits per heavy atom. The minimum atomic E-state index is -5.32. The number of nitrogens with zero attached hydrogens (tertiary/aromatic N) is 6. The fourth-order valence-corrected chi connectivity index (χ4v) is 16.4. The first-order chi connectivity index (χ1) is 41.8. The molecule has 15 atom stereocenters. The van der Waals surface area contributed by atoms with E-state index in [4.69, 9.17) is 68.5 Å². The molecule has 0 radical (unpaired) electrons. The van der Waals surface area contributed by atoms with Gasteiger partial charge in [-0.3, -0.25) is 53.1 Å². The van der Waals surface area contributed by atoms with E-state index in [0.717, 1.165) is 11.1 Å². The summed E-state index contributed by atoms with van der Waals surface area (Å²) in [6.45, 7) is 19.0. The van der Waals surface area contributed by atoms with Gasteiger partial charge in [0.15, 0.2) is 6.23 Å². The van der Waals surface area contributed by atoms with Crippen molar-refractivity contribution in [2.24, 2.45) is 94.7 Å². The fraction of sp³-hybridized carbons (Fsp3) is 0.619. The summed E-state index contributed by atoms with van der Waals surface area (Å²) in [6, 6.07) is 2.65. The number of ether oxygens (including phenoxy) is 1. The van der Waals surface area contributed by atoms with Gasteiger partial charge >= 0.3 is 16.8 Å². The van der Waals surface area contributed by atoms with Crippen LogP contribution in [0.4, 0.5) is 0 Å². The van der Waals surface area contributed by atoms with E-state index in [1.165, 1.54) is 17.8 Å². The molecule has 2 saturated heterocycles. The third-order valence-electron chi connectivity index (χ3n) is 20.5. The van der Waals surface area contributed by atoms with Gasteiger partial charge in [0.25, 0.3) is 7.82 Å². The molecule has 15 N–H and O–H groups in total. The molecule has 2 aromatic rings. The van der Waals surface area contributed by atoms with Crippen molar-refractivity contribution in [2.45, 2.75) is 189 Å². The Hall–Kier alpha value is -6.49. The van der Waals surface area contributed by atoms with Crippen molar-refractivity contribution < 1.29 is 83.8 Å². The van der Waals surface area contributed by atoms with Crippen molar-refractivity contribution in [1.29, 1.82) is 0 Å². The normalized spacial score (nSPS) is 31.3. The standard InChI is InChI=1S/C62H90N13O14P.CH3.Co/c1-29-20-39-40(21-30(29)2)75(28-70-39)57-52(84)53(41(27-76)87-57)89-90(85,86)88-31(3)26-69-49(83)18-19-59(8)37(22-46(66)80)56-62(11)61(10,25-48(68)82)36(14-17-45(65)79)51(74-62)33(5)55-60(9,24-47(67)81)34(12-15-43(63)77)38(71-55)23-42-58(6,7)35(13-16-44(64)78)50(72-42)32(4)54(59)73-56;;/h20-21,23,28,31,34-37,41,52-53,56-57,76,84H,12-19,22,24-27H2,1-11H3,(H15,63,64,65,66,67,68,69,71,72,73,74,77,78,79,80,81,82,83,85,86);1H3;/q;-1;+3/p-2/t31-,34-,35-,36-,37+,41-,52?,53?,56-,57?,59-,60+,61+,62+;;/m1../s1. The smallest absolute Gasteiger partial charge is 0.756 e. The SMILES string of the molecule is CC1=C2[N-]C(=CC3=NC(=C(C)C4=N[C@@](C)([C@@H]5N=C1[C@](C)(CCC(=O)NC[C@@H](C)OP(=O)([O-])OC1C(O)C(n6cnc7cc(C)c(C)cc76)O[C@@H]1CO)[C@H]5CC(N)=O)[C@@](C)(CC(N)=O)[C@@H]4CCC(N)=O)[C@@](C)(CC(N)=O)[C@@H]3CCC(N)=O)C(C)(C)[C@@H]2CCC(N)=O.[CH3-].[Co+3]. The molecule has 29 heteroatoms. The van der Waals surface area contributed by atoms with E-state index < -0.39 is 143 Å². The van der Waals surface area contributed by atoms with Gasteiger partial charge in [0.05, 0.1) is 47.3 Å². The third-order valence-corrected chi connectivity index (χ3v) is 21.6. The van der Waals surface area contributed by atoms with E-state index >= 15 is 0 Å². The van der Waals surface area contributed by atoms with Gasteiger partial charge in [0, 0.05) is 103 Å². The molecule has 8 rings (SSSR count).